The van der Waals surface area contributed by atoms with E-state index in [1.807, 2.05) is 52.8 Å². The topological polar surface area (TPSA) is 105 Å². The van der Waals surface area contributed by atoms with E-state index < -0.39 is 50.0 Å². The first kappa shape index (κ1) is 31.2. The summed E-state index contributed by atoms with van der Waals surface area (Å²) in [5.74, 6) is -0.343. The van der Waals surface area contributed by atoms with Crippen LogP contribution in [0, 0.1) is 0 Å². The molecule has 1 aromatic rings. The van der Waals surface area contributed by atoms with E-state index in [1.54, 1.807) is 14.1 Å². The first-order valence-electron chi connectivity index (χ1n) is 14.1. The first-order chi connectivity index (χ1) is 18.7. The molecule has 0 saturated carbocycles. The van der Waals surface area contributed by atoms with Crippen LogP contribution in [0.25, 0.3) is 0 Å². The normalized spacial score (nSPS) is 25.0. The summed E-state index contributed by atoms with van der Waals surface area (Å²) in [7, 11) is 0.959. The van der Waals surface area contributed by atoms with E-state index in [4.69, 9.17) is 28.1 Å². The lowest BCUT2D eigenvalue weighted by atomic mass is 9.79. The number of carbonyl (C=O) groups excluding carboxylic acids is 2. The molecule has 0 aromatic heterocycles. The number of fused-ring (bicyclic) bond motifs is 2. The van der Waals surface area contributed by atoms with Gasteiger partial charge in [0.1, 0.15) is 17.8 Å². The van der Waals surface area contributed by atoms with Crippen molar-refractivity contribution >= 4 is 20.3 Å². The maximum Gasteiger partial charge on any atom is 0.407 e. The molecule has 1 aromatic carbocycles. The second kappa shape index (κ2) is 10.5. The Morgan fingerprint density at radius 2 is 1.71 bits per heavy atom. The minimum atomic E-state index is -2.44. The lowest BCUT2D eigenvalue weighted by molar-refractivity contribution is -0.145. The van der Waals surface area contributed by atoms with Gasteiger partial charge in [-0.15, -0.1) is 0 Å². The van der Waals surface area contributed by atoms with E-state index in [0.29, 0.717) is 28.4 Å². The second-order valence-electron chi connectivity index (χ2n) is 14.1. The van der Waals surface area contributed by atoms with Gasteiger partial charge in [0.2, 0.25) is 12.5 Å². The molecule has 0 bridgehead atoms. The molecule has 1 N–H and O–H groups in total. The minimum Gasteiger partial charge on any atom is -0.540 e. The Bertz CT molecular complexity index is 1230. The molecular formula is C30H46N2O8Si. The Morgan fingerprint density at radius 3 is 2.29 bits per heavy atom. The molecule has 2 amide bonds. The third-order valence-electron chi connectivity index (χ3n) is 7.89. The van der Waals surface area contributed by atoms with Crippen molar-refractivity contribution in [1.29, 1.82) is 0 Å². The summed E-state index contributed by atoms with van der Waals surface area (Å²) in [4.78, 5) is 28.6. The lowest BCUT2D eigenvalue weighted by Crippen LogP contribution is -2.53. The monoisotopic (exact) mass is 590 g/mol. The van der Waals surface area contributed by atoms with Gasteiger partial charge in [-0.2, -0.15) is 0 Å². The summed E-state index contributed by atoms with van der Waals surface area (Å²) < 4.78 is 36.7. The fourth-order valence-electron chi connectivity index (χ4n) is 4.95. The third kappa shape index (κ3) is 6.36. The number of carbonyl (C=O) groups is 2. The molecule has 4 rings (SSSR count). The standard InChI is InChI=1S/C30H46N2O8Si/c1-28(2,3)39-27(34)31-22-17(13-14-19-23(22)38-30(7,8)37-19)18-15-20-24(36-16-35-20)25(21(18)26(33)32(9)10)40-41(11,12)29(4,5)6/h13-15,17,19,22-23H,16H2,1-12H3,(H,31,34)/t17-,19-,22-,23-/m1/s1. The molecule has 3 aliphatic rings. The Kier molecular flexibility index (Phi) is 7.99. The molecular weight excluding hydrogens is 544 g/mol. The van der Waals surface area contributed by atoms with Crippen LogP contribution in [0.3, 0.4) is 0 Å². The van der Waals surface area contributed by atoms with Crippen LogP contribution in [-0.4, -0.2) is 75.7 Å². The molecule has 2 aliphatic heterocycles. The van der Waals surface area contributed by atoms with Crippen molar-refractivity contribution in [3.05, 3.63) is 29.3 Å². The van der Waals surface area contributed by atoms with Gasteiger partial charge in [-0.1, -0.05) is 32.9 Å². The highest BCUT2D eigenvalue weighted by Gasteiger charge is 2.51. The van der Waals surface area contributed by atoms with Crippen LogP contribution in [-0.2, 0) is 14.2 Å². The minimum absolute atomic E-state index is 0.0121. The van der Waals surface area contributed by atoms with Crippen LogP contribution in [0.2, 0.25) is 18.1 Å². The van der Waals surface area contributed by atoms with Gasteiger partial charge in [0, 0.05) is 20.0 Å². The van der Waals surface area contributed by atoms with Crippen LogP contribution < -0.4 is 19.2 Å². The average Bonchev–Trinajstić information content (AvgIpc) is 3.39. The number of hydrogen-bond acceptors (Lipinski definition) is 8. The summed E-state index contributed by atoms with van der Waals surface area (Å²) >= 11 is 0. The number of nitrogens with one attached hydrogen (secondary N) is 1. The zero-order valence-electron chi connectivity index (χ0n) is 26.5. The van der Waals surface area contributed by atoms with Gasteiger partial charge in [-0.25, -0.2) is 4.79 Å². The molecule has 1 aliphatic carbocycles. The average molecular weight is 591 g/mol. The predicted octanol–water partition coefficient (Wildman–Crippen LogP) is 5.57. The van der Waals surface area contributed by atoms with Crippen LogP contribution in [0.15, 0.2) is 18.2 Å². The molecule has 11 heteroatoms. The van der Waals surface area contributed by atoms with Crippen LogP contribution in [0.1, 0.15) is 77.2 Å². The Morgan fingerprint density at radius 1 is 1.05 bits per heavy atom. The highest BCUT2D eigenvalue weighted by molar-refractivity contribution is 6.74. The number of alkyl carbamates (subject to hydrolysis) is 1. The molecule has 4 atom stereocenters. The maximum absolute atomic E-state index is 14.0. The van der Waals surface area contributed by atoms with Gasteiger partial charge in [0.15, 0.2) is 17.3 Å². The number of rotatable bonds is 5. The van der Waals surface area contributed by atoms with Crippen LogP contribution >= 0.6 is 0 Å². The molecule has 41 heavy (non-hydrogen) atoms. The first-order valence-corrected chi connectivity index (χ1v) is 17.0. The molecule has 1 fully saturated rings. The van der Waals surface area contributed by atoms with Gasteiger partial charge in [0.25, 0.3) is 14.2 Å². The summed E-state index contributed by atoms with van der Waals surface area (Å²) in [5, 5.41) is 2.90. The number of nitrogens with zero attached hydrogens (tertiary/aromatic N) is 1. The van der Waals surface area contributed by atoms with Gasteiger partial charge in [-0.05, 0) is 64.4 Å². The number of ether oxygens (including phenoxy) is 5. The fraction of sp³-hybridized carbons (Fsp3) is 0.667. The van der Waals surface area contributed by atoms with E-state index in [9.17, 15) is 9.59 Å². The van der Waals surface area contributed by atoms with Crippen molar-refractivity contribution in [1.82, 2.24) is 10.2 Å². The van der Waals surface area contributed by atoms with Gasteiger partial charge >= 0.3 is 6.09 Å². The van der Waals surface area contributed by atoms with Gasteiger partial charge < -0.3 is 38.3 Å². The summed E-state index contributed by atoms with van der Waals surface area (Å²) in [5.41, 5.74) is 0.294. The van der Waals surface area contributed by atoms with Gasteiger partial charge in [0.05, 0.1) is 11.6 Å². The zero-order valence-corrected chi connectivity index (χ0v) is 27.5. The molecule has 0 radical (unpaired) electrons. The van der Waals surface area contributed by atoms with E-state index in [0.717, 1.165) is 0 Å². The van der Waals surface area contributed by atoms with Crippen molar-refractivity contribution in [2.75, 3.05) is 20.9 Å². The summed E-state index contributed by atoms with van der Waals surface area (Å²) in [6.45, 7) is 19.8. The lowest BCUT2D eigenvalue weighted by Gasteiger charge is -2.39. The molecule has 2 heterocycles. The van der Waals surface area contributed by atoms with Gasteiger partial charge in [-0.3, -0.25) is 4.79 Å². The number of amides is 2. The van der Waals surface area contributed by atoms with Crippen LogP contribution in [0.4, 0.5) is 4.79 Å². The zero-order chi connectivity index (χ0) is 30.7. The molecule has 10 nitrogen and oxygen atoms in total. The molecule has 1 saturated heterocycles. The largest absolute Gasteiger partial charge is 0.540 e. The molecule has 0 unspecified atom stereocenters. The van der Waals surface area contributed by atoms with E-state index in [1.165, 1.54) is 4.90 Å². The highest BCUT2D eigenvalue weighted by Crippen LogP contribution is 2.52. The van der Waals surface area contributed by atoms with Crippen molar-refractivity contribution in [2.45, 2.75) is 109 Å². The summed E-state index contributed by atoms with van der Waals surface area (Å²) in [6, 6.07) is 1.19. The predicted molar refractivity (Wildman–Crippen MR) is 157 cm³/mol. The van der Waals surface area contributed by atoms with Crippen molar-refractivity contribution in [2.24, 2.45) is 0 Å². The van der Waals surface area contributed by atoms with Crippen molar-refractivity contribution in [3.63, 3.8) is 0 Å². The number of hydrogen-bond donors (Lipinski definition) is 1. The smallest absolute Gasteiger partial charge is 0.407 e. The van der Waals surface area contributed by atoms with E-state index in [2.05, 4.69) is 39.2 Å². The van der Waals surface area contributed by atoms with E-state index in [-0.39, 0.29) is 17.7 Å². The Labute approximate surface area is 244 Å². The van der Waals surface area contributed by atoms with E-state index >= 15 is 0 Å². The van der Waals surface area contributed by atoms with Crippen LogP contribution in [0.5, 0.6) is 17.2 Å². The summed E-state index contributed by atoms with van der Waals surface area (Å²) in [6.07, 6.45) is 2.36. The highest BCUT2D eigenvalue weighted by atomic mass is 28.4. The fourth-order valence-corrected chi connectivity index (χ4v) is 5.96. The van der Waals surface area contributed by atoms with Crippen molar-refractivity contribution < 1.29 is 37.7 Å². The maximum atomic E-state index is 14.0. The Hall–Kier alpha value is -2.76. The quantitative estimate of drug-likeness (QED) is 0.351. The molecule has 228 valence electrons. The molecule has 0 spiro atoms. The third-order valence-corrected chi connectivity index (χ3v) is 12.2. The SMILES string of the molecule is CN(C)C(=O)c1c([C@H]2C=C[C@H]3OC(C)(C)O[C@H]3[C@@H]2NC(=O)OC(C)(C)C)cc2c(c1O[Si](C)(C)C(C)(C)C)OCO2. The number of benzene rings is 1. The Balaban J connectivity index is 1.91. The second-order valence-corrected chi connectivity index (χ2v) is 18.8. The van der Waals surface area contributed by atoms with Crippen molar-refractivity contribution in [3.8, 4) is 17.2 Å².